The SMILES string of the molecule is Cc1sc2nc(C)n(CC(=O)NCCC(=O)O)c(=O)c2c1C. The van der Waals surface area contributed by atoms with Crippen molar-refractivity contribution in [2.45, 2.75) is 33.7 Å². The first-order valence-electron chi connectivity index (χ1n) is 6.77. The maximum absolute atomic E-state index is 12.6. The quantitative estimate of drug-likeness (QED) is 0.854. The van der Waals surface area contributed by atoms with Gasteiger partial charge in [0, 0.05) is 11.4 Å². The molecule has 0 aliphatic carbocycles. The van der Waals surface area contributed by atoms with Gasteiger partial charge in [-0.15, -0.1) is 11.3 Å². The van der Waals surface area contributed by atoms with Gasteiger partial charge in [0.05, 0.1) is 11.8 Å². The second-order valence-corrected chi connectivity index (χ2v) is 6.21. The Labute approximate surface area is 130 Å². The highest BCUT2D eigenvalue weighted by molar-refractivity contribution is 7.18. The predicted molar refractivity (Wildman–Crippen MR) is 83.4 cm³/mol. The number of fused-ring (bicyclic) bond motifs is 1. The van der Waals surface area contributed by atoms with E-state index >= 15 is 0 Å². The van der Waals surface area contributed by atoms with Crippen molar-refractivity contribution in [2.24, 2.45) is 0 Å². The van der Waals surface area contributed by atoms with Crippen LogP contribution in [0.2, 0.25) is 0 Å². The van der Waals surface area contributed by atoms with Crippen molar-refractivity contribution in [3.8, 4) is 0 Å². The van der Waals surface area contributed by atoms with Crippen LogP contribution in [0.25, 0.3) is 10.2 Å². The monoisotopic (exact) mass is 323 g/mol. The summed E-state index contributed by atoms with van der Waals surface area (Å²) in [5.74, 6) is -0.926. The highest BCUT2D eigenvalue weighted by Crippen LogP contribution is 2.26. The lowest BCUT2D eigenvalue weighted by atomic mass is 10.2. The fraction of sp³-hybridized carbons (Fsp3) is 0.429. The van der Waals surface area contributed by atoms with Crippen LogP contribution in [0.1, 0.15) is 22.7 Å². The zero-order valence-corrected chi connectivity index (χ0v) is 13.4. The maximum atomic E-state index is 12.6. The molecule has 2 rings (SSSR count). The molecule has 0 saturated carbocycles. The van der Waals surface area contributed by atoms with Gasteiger partial charge in [-0.1, -0.05) is 0 Å². The van der Waals surface area contributed by atoms with Gasteiger partial charge in [-0.05, 0) is 26.3 Å². The second kappa shape index (κ2) is 6.27. The largest absolute Gasteiger partial charge is 0.481 e. The molecule has 2 aromatic heterocycles. The van der Waals surface area contributed by atoms with E-state index in [1.165, 1.54) is 15.9 Å². The van der Waals surface area contributed by atoms with E-state index in [0.717, 1.165) is 10.4 Å². The van der Waals surface area contributed by atoms with Crippen LogP contribution in [-0.4, -0.2) is 33.1 Å². The smallest absolute Gasteiger partial charge is 0.305 e. The minimum absolute atomic E-state index is 0.0359. The molecule has 0 aromatic carbocycles. The van der Waals surface area contributed by atoms with Crippen LogP contribution in [0.5, 0.6) is 0 Å². The molecule has 22 heavy (non-hydrogen) atoms. The molecule has 0 aliphatic heterocycles. The zero-order valence-electron chi connectivity index (χ0n) is 12.6. The van der Waals surface area contributed by atoms with Crippen molar-refractivity contribution >= 4 is 33.4 Å². The maximum Gasteiger partial charge on any atom is 0.305 e. The van der Waals surface area contributed by atoms with Crippen LogP contribution in [0.4, 0.5) is 0 Å². The number of aliphatic carboxylic acids is 1. The van der Waals surface area contributed by atoms with E-state index in [1.807, 2.05) is 13.8 Å². The third-order valence-corrected chi connectivity index (χ3v) is 4.54. The van der Waals surface area contributed by atoms with Crippen molar-refractivity contribution < 1.29 is 14.7 Å². The lowest BCUT2D eigenvalue weighted by molar-refractivity contribution is -0.136. The first kappa shape index (κ1) is 16.2. The molecule has 0 aliphatic rings. The van der Waals surface area contributed by atoms with Gasteiger partial charge >= 0.3 is 5.97 Å². The summed E-state index contributed by atoms with van der Waals surface area (Å²) < 4.78 is 1.32. The molecule has 2 aromatic rings. The summed E-state index contributed by atoms with van der Waals surface area (Å²) in [5.41, 5.74) is 0.648. The van der Waals surface area contributed by atoms with Crippen LogP contribution < -0.4 is 10.9 Å². The van der Waals surface area contributed by atoms with Gasteiger partial charge in [-0.3, -0.25) is 19.0 Å². The molecule has 0 radical (unpaired) electrons. The van der Waals surface area contributed by atoms with Gasteiger partial charge in [-0.25, -0.2) is 4.98 Å². The molecule has 8 heteroatoms. The van der Waals surface area contributed by atoms with Gasteiger partial charge in [-0.2, -0.15) is 0 Å². The Morgan fingerprint density at radius 1 is 1.32 bits per heavy atom. The van der Waals surface area contributed by atoms with Crippen molar-refractivity contribution in [2.75, 3.05) is 6.54 Å². The molecule has 0 fully saturated rings. The Bertz CT molecular complexity index is 807. The molecule has 7 nitrogen and oxygen atoms in total. The zero-order chi connectivity index (χ0) is 16.4. The number of aryl methyl sites for hydroxylation is 3. The molecular formula is C14H17N3O4S. The molecule has 2 N–H and O–H groups in total. The molecule has 118 valence electrons. The van der Waals surface area contributed by atoms with Crippen molar-refractivity contribution in [3.05, 3.63) is 26.6 Å². The molecule has 1 amide bonds. The van der Waals surface area contributed by atoms with E-state index in [1.54, 1.807) is 6.92 Å². The number of carbonyl (C=O) groups is 2. The average Bonchev–Trinajstić information content (AvgIpc) is 2.69. The van der Waals surface area contributed by atoms with Crippen LogP contribution in [0.3, 0.4) is 0 Å². The number of nitrogens with zero attached hydrogens (tertiary/aromatic N) is 2. The Balaban J connectivity index is 2.28. The average molecular weight is 323 g/mol. The van der Waals surface area contributed by atoms with Crippen LogP contribution >= 0.6 is 11.3 Å². The van der Waals surface area contributed by atoms with E-state index in [9.17, 15) is 14.4 Å². The normalized spacial score (nSPS) is 10.9. The summed E-state index contributed by atoms with van der Waals surface area (Å²) >= 11 is 1.46. The number of carbonyl (C=O) groups excluding carboxylic acids is 1. The number of carboxylic acid groups (broad SMARTS) is 1. The molecule has 0 atom stereocenters. The number of hydrogen-bond acceptors (Lipinski definition) is 5. The number of aromatic nitrogens is 2. The lowest BCUT2D eigenvalue weighted by Crippen LogP contribution is -2.34. The minimum atomic E-state index is -0.985. The van der Waals surface area contributed by atoms with E-state index < -0.39 is 11.9 Å². The molecule has 2 heterocycles. The number of carboxylic acids is 1. The Morgan fingerprint density at radius 3 is 2.64 bits per heavy atom. The Hall–Kier alpha value is -2.22. The number of hydrogen-bond donors (Lipinski definition) is 2. The van der Waals surface area contributed by atoms with Gasteiger partial charge in [0.1, 0.15) is 17.2 Å². The molecule has 0 spiro atoms. The number of thiophene rings is 1. The second-order valence-electron chi connectivity index (χ2n) is 5.01. The van der Waals surface area contributed by atoms with Crippen LogP contribution in [0, 0.1) is 20.8 Å². The van der Waals surface area contributed by atoms with Gasteiger partial charge < -0.3 is 10.4 Å². The van der Waals surface area contributed by atoms with E-state index in [4.69, 9.17) is 5.11 Å². The lowest BCUT2D eigenvalue weighted by Gasteiger charge is -2.09. The first-order valence-corrected chi connectivity index (χ1v) is 7.58. The predicted octanol–water partition coefficient (Wildman–Crippen LogP) is 0.974. The van der Waals surface area contributed by atoms with Crippen molar-refractivity contribution in [3.63, 3.8) is 0 Å². The fourth-order valence-electron chi connectivity index (χ4n) is 2.12. The first-order chi connectivity index (χ1) is 10.3. The number of nitrogens with one attached hydrogen (secondary N) is 1. The summed E-state index contributed by atoms with van der Waals surface area (Å²) in [7, 11) is 0. The fourth-order valence-corrected chi connectivity index (χ4v) is 3.19. The summed E-state index contributed by atoms with van der Waals surface area (Å²) in [6, 6.07) is 0. The third-order valence-electron chi connectivity index (χ3n) is 3.44. The van der Waals surface area contributed by atoms with Crippen LogP contribution in [-0.2, 0) is 16.1 Å². The number of rotatable bonds is 5. The molecule has 0 saturated heterocycles. The highest BCUT2D eigenvalue weighted by atomic mass is 32.1. The summed E-state index contributed by atoms with van der Waals surface area (Å²) in [5, 5.41) is 11.6. The van der Waals surface area contributed by atoms with E-state index in [2.05, 4.69) is 10.3 Å². The topological polar surface area (TPSA) is 101 Å². The Kier molecular flexibility index (Phi) is 4.60. The van der Waals surface area contributed by atoms with Crippen molar-refractivity contribution in [1.29, 1.82) is 0 Å². The summed E-state index contributed by atoms with van der Waals surface area (Å²) in [4.78, 5) is 40.9. The van der Waals surface area contributed by atoms with E-state index in [-0.39, 0.29) is 25.1 Å². The Morgan fingerprint density at radius 2 is 2.00 bits per heavy atom. The van der Waals surface area contributed by atoms with Crippen LogP contribution in [0.15, 0.2) is 4.79 Å². The van der Waals surface area contributed by atoms with Gasteiger partial charge in [0.15, 0.2) is 0 Å². The number of amides is 1. The van der Waals surface area contributed by atoms with Gasteiger partial charge in [0.2, 0.25) is 5.91 Å². The highest BCUT2D eigenvalue weighted by Gasteiger charge is 2.16. The standard InChI is InChI=1S/C14H17N3O4S/c1-7-8(2)22-13-12(7)14(21)17(9(3)16-13)6-10(18)15-5-4-11(19)20/h4-6H2,1-3H3,(H,15,18)(H,19,20). The minimum Gasteiger partial charge on any atom is -0.481 e. The summed E-state index contributed by atoms with van der Waals surface area (Å²) in [6.07, 6.45) is -0.153. The van der Waals surface area contributed by atoms with Gasteiger partial charge in [0.25, 0.3) is 5.56 Å². The summed E-state index contributed by atoms with van der Waals surface area (Å²) in [6.45, 7) is 5.34. The third kappa shape index (κ3) is 3.16. The molecule has 0 bridgehead atoms. The van der Waals surface area contributed by atoms with Crippen molar-refractivity contribution in [1.82, 2.24) is 14.9 Å². The molecule has 0 unspecified atom stereocenters. The molecular weight excluding hydrogens is 306 g/mol. The van der Waals surface area contributed by atoms with E-state index in [0.29, 0.717) is 16.0 Å².